The summed E-state index contributed by atoms with van der Waals surface area (Å²) in [6.07, 6.45) is 3.11. The molecule has 21 heavy (non-hydrogen) atoms. The fraction of sp³-hybridized carbons (Fsp3) is 0.438. The molecule has 0 aliphatic heterocycles. The van der Waals surface area contributed by atoms with E-state index < -0.39 is 0 Å². The average Bonchev–Trinajstić information content (AvgIpc) is 2.95. The van der Waals surface area contributed by atoms with Crippen LogP contribution >= 0.6 is 22.9 Å². The van der Waals surface area contributed by atoms with Crippen molar-refractivity contribution < 1.29 is 0 Å². The minimum atomic E-state index is 0.242. The van der Waals surface area contributed by atoms with Crippen molar-refractivity contribution in [1.82, 2.24) is 10.3 Å². The first-order valence-electron chi connectivity index (χ1n) is 7.25. The van der Waals surface area contributed by atoms with Gasteiger partial charge < -0.3 is 10.2 Å². The summed E-state index contributed by atoms with van der Waals surface area (Å²) >= 11 is 7.81. The first kappa shape index (κ1) is 16.3. The molecule has 0 aliphatic rings. The molecular formula is C16H22ClN3S. The van der Waals surface area contributed by atoms with Crippen molar-refractivity contribution in [3.05, 3.63) is 45.9 Å². The maximum absolute atomic E-state index is 6.07. The first-order chi connectivity index (χ1) is 10.1. The van der Waals surface area contributed by atoms with Crippen LogP contribution in [0.3, 0.4) is 0 Å². The molecule has 114 valence electrons. The highest BCUT2D eigenvalue weighted by Crippen LogP contribution is 2.29. The molecule has 1 atom stereocenters. The minimum absolute atomic E-state index is 0.242. The third kappa shape index (κ3) is 4.43. The normalized spacial score (nSPS) is 12.4. The molecule has 0 radical (unpaired) electrons. The fourth-order valence-corrected chi connectivity index (χ4v) is 3.21. The lowest BCUT2D eigenvalue weighted by atomic mass is 10.1. The Bertz CT molecular complexity index is 570. The number of thiazole rings is 1. The van der Waals surface area contributed by atoms with E-state index in [1.807, 2.05) is 24.4 Å². The maximum Gasteiger partial charge on any atom is 0.185 e. The monoisotopic (exact) mass is 323 g/mol. The number of hydrogen-bond acceptors (Lipinski definition) is 4. The molecule has 1 unspecified atom stereocenters. The molecule has 3 nitrogen and oxygen atoms in total. The van der Waals surface area contributed by atoms with Gasteiger partial charge in [0.2, 0.25) is 0 Å². The van der Waals surface area contributed by atoms with Crippen molar-refractivity contribution >= 4 is 28.1 Å². The van der Waals surface area contributed by atoms with Crippen LogP contribution in [0.5, 0.6) is 0 Å². The van der Waals surface area contributed by atoms with E-state index in [2.05, 4.69) is 42.2 Å². The van der Waals surface area contributed by atoms with Crippen LogP contribution in [0.2, 0.25) is 5.02 Å². The Labute approximate surface area is 136 Å². The van der Waals surface area contributed by atoms with E-state index in [1.165, 1.54) is 10.4 Å². The second-order valence-corrected chi connectivity index (χ2v) is 6.66. The van der Waals surface area contributed by atoms with E-state index in [0.29, 0.717) is 0 Å². The number of rotatable bonds is 7. The molecule has 1 aromatic carbocycles. The zero-order valence-electron chi connectivity index (χ0n) is 12.8. The highest BCUT2D eigenvalue weighted by Gasteiger charge is 2.15. The number of nitrogens with zero attached hydrogens (tertiary/aromatic N) is 2. The molecule has 1 heterocycles. The summed E-state index contributed by atoms with van der Waals surface area (Å²) in [6.45, 7) is 6.28. The number of nitrogens with one attached hydrogen (secondary N) is 1. The van der Waals surface area contributed by atoms with Gasteiger partial charge in [-0.1, -0.05) is 30.7 Å². The van der Waals surface area contributed by atoms with Crippen molar-refractivity contribution in [2.75, 3.05) is 18.5 Å². The Morgan fingerprint density at radius 1 is 1.43 bits per heavy atom. The van der Waals surface area contributed by atoms with Crippen molar-refractivity contribution in [3.63, 3.8) is 0 Å². The molecule has 2 aromatic rings. The maximum atomic E-state index is 6.07. The van der Waals surface area contributed by atoms with Gasteiger partial charge in [0.25, 0.3) is 0 Å². The van der Waals surface area contributed by atoms with Gasteiger partial charge in [-0.25, -0.2) is 4.98 Å². The van der Waals surface area contributed by atoms with Gasteiger partial charge in [0, 0.05) is 29.7 Å². The van der Waals surface area contributed by atoms with Gasteiger partial charge in [-0.3, -0.25) is 0 Å². The zero-order chi connectivity index (χ0) is 15.2. The van der Waals surface area contributed by atoms with E-state index >= 15 is 0 Å². The number of anilines is 1. The van der Waals surface area contributed by atoms with Crippen molar-refractivity contribution in [2.45, 2.75) is 32.9 Å². The van der Waals surface area contributed by atoms with Gasteiger partial charge in [-0.05, 0) is 37.6 Å². The molecule has 0 saturated heterocycles. The molecule has 5 heteroatoms. The number of benzene rings is 1. The van der Waals surface area contributed by atoms with Gasteiger partial charge in [-0.2, -0.15) is 0 Å². The fourth-order valence-electron chi connectivity index (χ4n) is 2.09. The SMILES string of the molecule is CCCNCc1cnc(N(C)C(C)c2cccc(Cl)c2)s1. The van der Waals surface area contributed by atoms with E-state index in [0.717, 1.165) is 29.7 Å². The van der Waals surface area contributed by atoms with E-state index in [1.54, 1.807) is 11.3 Å². The highest BCUT2D eigenvalue weighted by molar-refractivity contribution is 7.15. The summed E-state index contributed by atoms with van der Waals surface area (Å²) in [5, 5.41) is 5.22. The molecule has 2 rings (SSSR count). The van der Waals surface area contributed by atoms with E-state index in [9.17, 15) is 0 Å². The lowest BCUT2D eigenvalue weighted by Gasteiger charge is -2.24. The molecule has 0 bridgehead atoms. The number of aromatic nitrogens is 1. The average molecular weight is 324 g/mol. The number of halogens is 1. The molecule has 1 N–H and O–H groups in total. The van der Waals surface area contributed by atoms with Crippen LogP contribution in [0.25, 0.3) is 0 Å². The van der Waals surface area contributed by atoms with E-state index in [-0.39, 0.29) is 6.04 Å². The lowest BCUT2D eigenvalue weighted by molar-refractivity contribution is 0.681. The van der Waals surface area contributed by atoms with Crippen LogP contribution in [0, 0.1) is 0 Å². The Balaban J connectivity index is 2.03. The Morgan fingerprint density at radius 2 is 2.24 bits per heavy atom. The second-order valence-electron chi connectivity index (χ2n) is 5.13. The summed E-state index contributed by atoms with van der Waals surface area (Å²) in [5.41, 5.74) is 1.20. The molecule has 0 saturated carbocycles. The summed E-state index contributed by atoms with van der Waals surface area (Å²) < 4.78 is 0. The van der Waals surface area contributed by atoms with Gasteiger partial charge in [0.15, 0.2) is 5.13 Å². The van der Waals surface area contributed by atoms with Crippen molar-refractivity contribution in [1.29, 1.82) is 0 Å². The summed E-state index contributed by atoms with van der Waals surface area (Å²) in [7, 11) is 2.08. The minimum Gasteiger partial charge on any atom is -0.344 e. The molecule has 0 aliphatic carbocycles. The molecule has 0 fully saturated rings. The Morgan fingerprint density at radius 3 is 2.95 bits per heavy atom. The third-order valence-electron chi connectivity index (χ3n) is 3.48. The van der Waals surface area contributed by atoms with Crippen molar-refractivity contribution in [3.8, 4) is 0 Å². The Hall–Kier alpha value is -1.10. The van der Waals surface area contributed by atoms with Crippen LogP contribution in [0.1, 0.15) is 36.8 Å². The largest absolute Gasteiger partial charge is 0.344 e. The highest BCUT2D eigenvalue weighted by atomic mass is 35.5. The number of hydrogen-bond donors (Lipinski definition) is 1. The van der Waals surface area contributed by atoms with Gasteiger partial charge in [0.1, 0.15) is 0 Å². The van der Waals surface area contributed by atoms with Gasteiger partial charge in [0.05, 0.1) is 6.04 Å². The van der Waals surface area contributed by atoms with Crippen LogP contribution < -0.4 is 10.2 Å². The topological polar surface area (TPSA) is 28.2 Å². The second kappa shape index (κ2) is 7.78. The van der Waals surface area contributed by atoms with Crippen LogP contribution in [0.15, 0.2) is 30.5 Å². The van der Waals surface area contributed by atoms with Crippen LogP contribution in [-0.4, -0.2) is 18.6 Å². The standard InChI is InChI=1S/C16H22ClN3S/c1-4-8-18-10-15-11-19-16(21-15)20(3)12(2)13-6-5-7-14(17)9-13/h5-7,9,11-12,18H,4,8,10H2,1-3H3. The molecular weight excluding hydrogens is 302 g/mol. The molecule has 0 spiro atoms. The first-order valence-corrected chi connectivity index (χ1v) is 8.45. The van der Waals surface area contributed by atoms with Crippen LogP contribution in [0.4, 0.5) is 5.13 Å². The van der Waals surface area contributed by atoms with E-state index in [4.69, 9.17) is 11.6 Å². The third-order valence-corrected chi connectivity index (χ3v) is 4.80. The predicted octanol–water partition coefficient (Wildman–Crippen LogP) is 4.49. The van der Waals surface area contributed by atoms with Crippen LogP contribution in [-0.2, 0) is 6.54 Å². The quantitative estimate of drug-likeness (QED) is 0.761. The molecule has 1 aromatic heterocycles. The molecule has 0 amide bonds. The predicted molar refractivity (Wildman–Crippen MR) is 92.4 cm³/mol. The smallest absolute Gasteiger partial charge is 0.185 e. The van der Waals surface area contributed by atoms with Crippen molar-refractivity contribution in [2.24, 2.45) is 0 Å². The van der Waals surface area contributed by atoms with Gasteiger partial charge in [-0.15, -0.1) is 11.3 Å². The van der Waals surface area contributed by atoms with Gasteiger partial charge >= 0.3 is 0 Å². The lowest BCUT2D eigenvalue weighted by Crippen LogP contribution is -2.21. The Kier molecular flexibility index (Phi) is 6.03. The summed E-state index contributed by atoms with van der Waals surface area (Å²) in [4.78, 5) is 8.00. The summed E-state index contributed by atoms with van der Waals surface area (Å²) in [6, 6.07) is 8.25. The summed E-state index contributed by atoms with van der Waals surface area (Å²) in [5.74, 6) is 0. The zero-order valence-corrected chi connectivity index (χ0v) is 14.3.